The van der Waals surface area contributed by atoms with Crippen molar-refractivity contribution in [1.82, 2.24) is 0 Å². The predicted molar refractivity (Wildman–Crippen MR) is 47.3 cm³/mol. The summed E-state index contributed by atoms with van der Waals surface area (Å²) in [6.45, 7) is 2.11. The summed E-state index contributed by atoms with van der Waals surface area (Å²) in [5.41, 5.74) is 0. The third-order valence-electron chi connectivity index (χ3n) is 2.59. The molecule has 4 atom stereocenters. The summed E-state index contributed by atoms with van der Waals surface area (Å²) in [6.07, 6.45) is 0.414. The number of rotatable bonds is 4. The Morgan fingerprint density at radius 2 is 2.00 bits per heavy atom. The highest BCUT2D eigenvalue weighted by Gasteiger charge is 2.43. The lowest BCUT2D eigenvalue weighted by molar-refractivity contribution is -0.155. The molecule has 0 aromatic rings. The van der Waals surface area contributed by atoms with Crippen LogP contribution < -0.4 is 0 Å². The molecule has 0 aliphatic carbocycles. The zero-order valence-corrected chi connectivity index (χ0v) is 8.40. The standard InChI is InChI=1S/C9H18O4/c1-4-7-6(5-10)8(11-2)9(12-3)13-7/h6-10H,4-5H2,1-3H3. The van der Waals surface area contributed by atoms with Crippen LogP contribution in [0.4, 0.5) is 0 Å². The smallest absolute Gasteiger partial charge is 0.184 e. The summed E-state index contributed by atoms with van der Waals surface area (Å²) >= 11 is 0. The molecule has 0 amide bonds. The van der Waals surface area contributed by atoms with E-state index in [2.05, 4.69) is 0 Å². The zero-order valence-electron chi connectivity index (χ0n) is 8.40. The van der Waals surface area contributed by atoms with Crippen LogP contribution in [0.2, 0.25) is 0 Å². The Hall–Kier alpha value is -0.160. The third-order valence-corrected chi connectivity index (χ3v) is 2.59. The van der Waals surface area contributed by atoms with E-state index in [1.54, 1.807) is 14.2 Å². The van der Waals surface area contributed by atoms with E-state index < -0.39 is 0 Å². The van der Waals surface area contributed by atoms with Crippen molar-refractivity contribution in [3.8, 4) is 0 Å². The molecule has 4 nitrogen and oxygen atoms in total. The zero-order chi connectivity index (χ0) is 9.84. The normalized spacial score (nSPS) is 39.7. The van der Waals surface area contributed by atoms with Crippen LogP contribution in [0.15, 0.2) is 0 Å². The fourth-order valence-electron chi connectivity index (χ4n) is 1.86. The van der Waals surface area contributed by atoms with Crippen molar-refractivity contribution in [3.63, 3.8) is 0 Å². The van der Waals surface area contributed by atoms with E-state index in [0.29, 0.717) is 0 Å². The molecule has 13 heavy (non-hydrogen) atoms. The summed E-state index contributed by atoms with van der Waals surface area (Å²) in [5.74, 6) is 0.0277. The van der Waals surface area contributed by atoms with Gasteiger partial charge in [-0.1, -0.05) is 6.92 Å². The summed E-state index contributed by atoms with van der Waals surface area (Å²) < 4.78 is 15.9. The second-order valence-electron chi connectivity index (χ2n) is 3.23. The Kier molecular flexibility index (Phi) is 4.12. The van der Waals surface area contributed by atoms with E-state index in [4.69, 9.17) is 19.3 Å². The molecule has 0 aromatic carbocycles. The minimum atomic E-state index is -0.341. The van der Waals surface area contributed by atoms with E-state index in [0.717, 1.165) is 6.42 Å². The lowest BCUT2D eigenvalue weighted by Crippen LogP contribution is -2.32. The van der Waals surface area contributed by atoms with Gasteiger partial charge in [-0.05, 0) is 6.42 Å². The highest BCUT2D eigenvalue weighted by Crippen LogP contribution is 2.30. The first-order valence-electron chi connectivity index (χ1n) is 4.60. The van der Waals surface area contributed by atoms with Gasteiger partial charge in [-0.15, -0.1) is 0 Å². The second kappa shape index (κ2) is 4.91. The van der Waals surface area contributed by atoms with Gasteiger partial charge in [0.2, 0.25) is 0 Å². The molecule has 1 saturated heterocycles. The average molecular weight is 190 g/mol. The molecule has 1 aliphatic heterocycles. The third kappa shape index (κ3) is 2.02. The maximum absolute atomic E-state index is 9.17. The number of ether oxygens (including phenoxy) is 3. The number of methoxy groups -OCH3 is 2. The van der Waals surface area contributed by atoms with Gasteiger partial charge in [-0.3, -0.25) is 0 Å². The largest absolute Gasteiger partial charge is 0.396 e. The summed E-state index contributed by atoms with van der Waals surface area (Å²) in [7, 11) is 3.20. The van der Waals surface area contributed by atoms with Crippen molar-refractivity contribution in [2.24, 2.45) is 5.92 Å². The van der Waals surface area contributed by atoms with Crippen LogP contribution in [0.3, 0.4) is 0 Å². The van der Waals surface area contributed by atoms with Gasteiger partial charge in [0.1, 0.15) is 6.10 Å². The van der Waals surface area contributed by atoms with Crippen molar-refractivity contribution in [2.75, 3.05) is 20.8 Å². The summed E-state index contributed by atoms with van der Waals surface area (Å²) in [6, 6.07) is 0. The minimum Gasteiger partial charge on any atom is -0.396 e. The Bertz CT molecular complexity index is 135. The first-order chi connectivity index (χ1) is 6.28. The number of aliphatic hydroxyl groups is 1. The molecule has 1 fully saturated rings. The molecule has 0 radical (unpaired) electrons. The Morgan fingerprint density at radius 1 is 1.31 bits per heavy atom. The molecular formula is C9H18O4. The molecule has 1 aliphatic rings. The highest BCUT2D eigenvalue weighted by molar-refractivity contribution is 4.86. The summed E-state index contributed by atoms with van der Waals surface area (Å²) in [4.78, 5) is 0. The summed E-state index contributed by atoms with van der Waals surface area (Å²) in [5, 5.41) is 9.17. The second-order valence-corrected chi connectivity index (χ2v) is 3.23. The molecule has 0 saturated carbocycles. The van der Waals surface area contributed by atoms with Gasteiger partial charge >= 0.3 is 0 Å². The van der Waals surface area contributed by atoms with E-state index >= 15 is 0 Å². The molecule has 1 N–H and O–H groups in total. The van der Waals surface area contributed by atoms with Crippen LogP contribution in [0.25, 0.3) is 0 Å². The minimum absolute atomic E-state index is 0.0277. The lowest BCUT2D eigenvalue weighted by atomic mass is 9.98. The molecule has 1 heterocycles. The predicted octanol–water partition coefficient (Wildman–Crippen LogP) is 0.391. The van der Waals surface area contributed by atoms with Crippen molar-refractivity contribution < 1.29 is 19.3 Å². The fraction of sp³-hybridized carbons (Fsp3) is 1.00. The van der Waals surface area contributed by atoms with Gasteiger partial charge in [0.05, 0.1) is 12.7 Å². The molecule has 0 bridgehead atoms. The lowest BCUT2D eigenvalue weighted by Gasteiger charge is -2.19. The first-order valence-corrected chi connectivity index (χ1v) is 4.60. The maximum Gasteiger partial charge on any atom is 0.184 e. The van der Waals surface area contributed by atoms with Gasteiger partial charge in [0.25, 0.3) is 0 Å². The van der Waals surface area contributed by atoms with Crippen molar-refractivity contribution >= 4 is 0 Å². The molecule has 0 aromatic heterocycles. The topological polar surface area (TPSA) is 47.9 Å². The first kappa shape index (κ1) is 10.9. The number of aliphatic hydroxyl groups excluding tert-OH is 1. The molecule has 4 unspecified atom stereocenters. The van der Waals surface area contributed by atoms with Gasteiger partial charge in [-0.25, -0.2) is 0 Å². The van der Waals surface area contributed by atoms with Crippen LogP contribution in [-0.4, -0.2) is 44.4 Å². The maximum atomic E-state index is 9.17. The van der Waals surface area contributed by atoms with Gasteiger partial charge in [-0.2, -0.15) is 0 Å². The van der Waals surface area contributed by atoms with Crippen molar-refractivity contribution in [1.29, 1.82) is 0 Å². The van der Waals surface area contributed by atoms with Gasteiger partial charge in [0, 0.05) is 20.1 Å². The molecule has 1 rings (SSSR count). The quantitative estimate of drug-likeness (QED) is 0.696. The van der Waals surface area contributed by atoms with Crippen molar-refractivity contribution in [3.05, 3.63) is 0 Å². The van der Waals surface area contributed by atoms with Crippen LogP contribution in [0, 0.1) is 5.92 Å². The monoisotopic (exact) mass is 190 g/mol. The number of hydrogen-bond acceptors (Lipinski definition) is 4. The SMILES string of the molecule is CCC1OC(OC)C(OC)C1CO. The molecule has 4 heteroatoms. The molecule has 0 spiro atoms. The fourth-order valence-corrected chi connectivity index (χ4v) is 1.86. The van der Waals surface area contributed by atoms with Crippen LogP contribution in [0.1, 0.15) is 13.3 Å². The van der Waals surface area contributed by atoms with Crippen LogP contribution >= 0.6 is 0 Å². The van der Waals surface area contributed by atoms with E-state index in [1.807, 2.05) is 6.92 Å². The number of hydrogen-bond donors (Lipinski definition) is 1. The average Bonchev–Trinajstić information content (AvgIpc) is 2.54. The Morgan fingerprint density at radius 3 is 2.38 bits per heavy atom. The molecule has 78 valence electrons. The Labute approximate surface area is 78.8 Å². The van der Waals surface area contributed by atoms with Gasteiger partial charge in [0.15, 0.2) is 6.29 Å². The molecular weight excluding hydrogens is 172 g/mol. The van der Waals surface area contributed by atoms with E-state index in [9.17, 15) is 0 Å². The Balaban J connectivity index is 2.65. The van der Waals surface area contributed by atoms with Crippen molar-refractivity contribution in [2.45, 2.75) is 31.8 Å². The van der Waals surface area contributed by atoms with Gasteiger partial charge < -0.3 is 19.3 Å². The highest BCUT2D eigenvalue weighted by atomic mass is 16.7. The van der Waals surface area contributed by atoms with E-state index in [-0.39, 0.29) is 31.0 Å². The van der Waals surface area contributed by atoms with Crippen LogP contribution in [-0.2, 0) is 14.2 Å². The van der Waals surface area contributed by atoms with E-state index in [1.165, 1.54) is 0 Å². The van der Waals surface area contributed by atoms with Crippen LogP contribution in [0.5, 0.6) is 0 Å².